The van der Waals surface area contributed by atoms with Gasteiger partial charge in [0.25, 0.3) is 17.4 Å². The number of likely N-dealkylation sites (tertiary alicyclic amines) is 1. The fourth-order valence-electron chi connectivity index (χ4n) is 4.78. The SMILES string of the molecule is CNC(=O)c1ccc(NCC#Cc2nc3c(NC4CCN(C)CC4)cc(NC(=O)C(F)Cl)cn3c2CC(F)(F)F)c(OC)c1. The molecule has 1 fully saturated rings. The molecule has 2 amide bonds. The summed E-state index contributed by atoms with van der Waals surface area (Å²) in [5, 5.41) is 11.2. The van der Waals surface area contributed by atoms with Gasteiger partial charge in [-0.3, -0.25) is 14.0 Å². The first kappa shape index (κ1) is 32.7. The molecule has 2 aromatic heterocycles. The zero-order valence-electron chi connectivity index (χ0n) is 24.2. The highest BCUT2D eigenvalue weighted by Gasteiger charge is 2.32. The summed E-state index contributed by atoms with van der Waals surface area (Å²) in [4.78, 5) is 30.5. The smallest absolute Gasteiger partial charge is 0.394 e. The van der Waals surface area contributed by atoms with Gasteiger partial charge in [-0.05, 0) is 63.2 Å². The van der Waals surface area contributed by atoms with E-state index in [1.54, 1.807) is 18.2 Å². The molecule has 1 atom stereocenters. The van der Waals surface area contributed by atoms with Crippen LogP contribution >= 0.6 is 11.6 Å². The third-order valence-electron chi connectivity index (χ3n) is 7.00. The predicted molar refractivity (Wildman–Crippen MR) is 160 cm³/mol. The number of anilines is 3. The number of benzene rings is 1. The number of imidazole rings is 1. The molecule has 0 bridgehead atoms. The van der Waals surface area contributed by atoms with Crippen molar-refractivity contribution in [3.05, 3.63) is 47.4 Å². The number of rotatable bonds is 9. The van der Waals surface area contributed by atoms with Crippen LogP contribution in [0.4, 0.5) is 34.6 Å². The molecule has 3 heterocycles. The van der Waals surface area contributed by atoms with Crippen molar-refractivity contribution in [2.45, 2.75) is 37.1 Å². The molecule has 0 spiro atoms. The molecule has 1 saturated heterocycles. The highest BCUT2D eigenvalue weighted by Crippen LogP contribution is 2.31. The first-order valence-electron chi connectivity index (χ1n) is 13.7. The Balaban J connectivity index is 1.70. The van der Waals surface area contributed by atoms with Gasteiger partial charge in [0.05, 0.1) is 42.8 Å². The van der Waals surface area contributed by atoms with Crippen LogP contribution in [-0.4, -0.2) is 84.8 Å². The summed E-state index contributed by atoms with van der Waals surface area (Å²) in [5.41, 5.74) is -1.23. The minimum Gasteiger partial charge on any atom is -0.495 e. The van der Waals surface area contributed by atoms with Crippen molar-refractivity contribution >= 4 is 46.1 Å². The number of carbonyl (C=O) groups excluding carboxylic acids is 2. The van der Waals surface area contributed by atoms with Crippen LogP contribution < -0.4 is 26.0 Å². The second kappa shape index (κ2) is 14.0. The minimum absolute atomic E-state index is 0.00540. The van der Waals surface area contributed by atoms with Gasteiger partial charge < -0.3 is 30.9 Å². The normalized spacial score (nSPS) is 14.8. The number of hydrogen-bond acceptors (Lipinski definition) is 7. The maximum absolute atomic E-state index is 13.8. The number of halogens is 5. The van der Waals surface area contributed by atoms with Crippen molar-refractivity contribution in [2.75, 3.05) is 56.8 Å². The maximum Gasteiger partial charge on any atom is 0.394 e. The highest BCUT2D eigenvalue weighted by molar-refractivity contribution is 6.31. The number of carbonyl (C=O) groups is 2. The van der Waals surface area contributed by atoms with Crippen LogP contribution in [0.5, 0.6) is 5.75 Å². The Kier molecular flexibility index (Phi) is 10.4. The molecule has 3 aromatic rings. The summed E-state index contributed by atoms with van der Waals surface area (Å²) >= 11 is 5.27. The van der Waals surface area contributed by atoms with Crippen molar-refractivity contribution in [3.63, 3.8) is 0 Å². The minimum atomic E-state index is -4.61. The van der Waals surface area contributed by atoms with Crippen LogP contribution in [0.1, 0.15) is 34.6 Å². The van der Waals surface area contributed by atoms with E-state index in [4.69, 9.17) is 16.3 Å². The van der Waals surface area contributed by atoms with E-state index in [2.05, 4.69) is 43.0 Å². The van der Waals surface area contributed by atoms with E-state index in [1.807, 2.05) is 7.05 Å². The lowest BCUT2D eigenvalue weighted by Crippen LogP contribution is -2.36. The molecule has 0 radical (unpaired) electrons. The van der Waals surface area contributed by atoms with Gasteiger partial charge in [-0.2, -0.15) is 13.2 Å². The fourth-order valence-corrected chi connectivity index (χ4v) is 4.84. The van der Waals surface area contributed by atoms with E-state index in [-0.39, 0.29) is 41.2 Å². The number of nitrogens with zero attached hydrogens (tertiary/aromatic N) is 3. The van der Waals surface area contributed by atoms with Crippen LogP contribution in [0, 0.1) is 11.8 Å². The monoisotopic (exact) mass is 637 g/mol. The van der Waals surface area contributed by atoms with Crippen molar-refractivity contribution in [1.82, 2.24) is 19.6 Å². The standard InChI is InChI=1S/C29H32ClF4N7O3/c1-35-27(42)17-6-7-21(24(13-17)44-3)36-10-4-5-20-23(15-29(32,33)34)41-16-19(38-28(43)25(30)31)14-22(26(41)39-20)37-18-8-11-40(2)12-9-18/h6-7,13-14,16,18,25,36-37H,8-12,15H2,1-3H3,(H,35,42)(H,38,43). The molecule has 236 valence electrons. The molecule has 1 aromatic carbocycles. The second-order valence-electron chi connectivity index (χ2n) is 10.2. The summed E-state index contributed by atoms with van der Waals surface area (Å²) < 4.78 is 61.3. The van der Waals surface area contributed by atoms with Crippen LogP contribution in [0.2, 0.25) is 0 Å². The fraction of sp³-hybridized carbons (Fsp3) is 0.414. The molecule has 1 aliphatic heterocycles. The Labute approximate surface area is 256 Å². The quantitative estimate of drug-likeness (QED) is 0.158. The summed E-state index contributed by atoms with van der Waals surface area (Å²) in [7, 11) is 4.94. The molecule has 15 heteroatoms. The Morgan fingerprint density at radius 2 is 1.93 bits per heavy atom. The number of nitrogens with one attached hydrogen (secondary N) is 4. The molecule has 44 heavy (non-hydrogen) atoms. The maximum atomic E-state index is 13.8. The Morgan fingerprint density at radius 1 is 1.20 bits per heavy atom. The molecule has 4 rings (SSSR count). The summed E-state index contributed by atoms with van der Waals surface area (Å²) in [5.74, 6) is 4.47. The lowest BCUT2D eigenvalue weighted by atomic mass is 10.1. The third kappa shape index (κ3) is 8.23. The third-order valence-corrected chi connectivity index (χ3v) is 7.19. The lowest BCUT2D eigenvalue weighted by Gasteiger charge is -2.30. The van der Waals surface area contributed by atoms with E-state index in [9.17, 15) is 27.2 Å². The van der Waals surface area contributed by atoms with Crippen molar-refractivity contribution in [1.29, 1.82) is 0 Å². The molecular formula is C29H32ClF4N7O3. The molecule has 0 saturated carbocycles. The van der Waals surface area contributed by atoms with Crippen LogP contribution in [0.3, 0.4) is 0 Å². The Bertz CT molecular complexity index is 1570. The number of aromatic nitrogens is 2. The lowest BCUT2D eigenvalue weighted by molar-refractivity contribution is -0.128. The molecule has 1 aliphatic rings. The average Bonchev–Trinajstić information content (AvgIpc) is 3.31. The Hall–Kier alpha value is -4.22. The largest absolute Gasteiger partial charge is 0.495 e. The molecule has 10 nitrogen and oxygen atoms in total. The van der Waals surface area contributed by atoms with Gasteiger partial charge in [-0.25, -0.2) is 9.37 Å². The van der Waals surface area contributed by atoms with E-state index in [0.29, 0.717) is 22.7 Å². The first-order chi connectivity index (χ1) is 20.9. The van der Waals surface area contributed by atoms with Crippen molar-refractivity contribution < 1.29 is 31.9 Å². The van der Waals surface area contributed by atoms with Crippen molar-refractivity contribution in [3.8, 4) is 17.6 Å². The molecule has 1 unspecified atom stereocenters. The predicted octanol–water partition coefficient (Wildman–Crippen LogP) is 4.25. The van der Waals surface area contributed by atoms with Gasteiger partial charge in [-0.1, -0.05) is 17.5 Å². The summed E-state index contributed by atoms with van der Waals surface area (Å²) in [6.07, 6.45) is -3.17. The van der Waals surface area contributed by atoms with Crippen molar-refractivity contribution in [2.24, 2.45) is 0 Å². The number of methoxy groups -OCH3 is 1. The summed E-state index contributed by atoms with van der Waals surface area (Å²) in [6, 6.07) is 6.25. The van der Waals surface area contributed by atoms with Gasteiger partial charge in [0.2, 0.25) is 0 Å². The number of pyridine rings is 1. The van der Waals surface area contributed by atoms with E-state index in [1.165, 1.54) is 30.8 Å². The van der Waals surface area contributed by atoms with E-state index < -0.39 is 24.1 Å². The zero-order chi connectivity index (χ0) is 32.0. The van der Waals surface area contributed by atoms with Gasteiger partial charge in [0.15, 0.2) is 5.65 Å². The zero-order valence-corrected chi connectivity index (χ0v) is 25.0. The van der Waals surface area contributed by atoms with Gasteiger partial charge in [-0.15, -0.1) is 0 Å². The summed E-state index contributed by atoms with van der Waals surface area (Å²) in [6.45, 7) is 1.65. The highest BCUT2D eigenvalue weighted by atomic mass is 35.5. The number of alkyl halides is 5. The van der Waals surface area contributed by atoms with Crippen LogP contribution in [0.15, 0.2) is 30.5 Å². The number of fused-ring (bicyclic) bond motifs is 1. The van der Waals surface area contributed by atoms with Crippen LogP contribution in [0.25, 0.3) is 5.65 Å². The molecule has 4 N–H and O–H groups in total. The number of hydrogen-bond donors (Lipinski definition) is 4. The first-order valence-corrected chi connectivity index (χ1v) is 14.1. The molecular weight excluding hydrogens is 606 g/mol. The van der Waals surface area contributed by atoms with Crippen LogP contribution in [-0.2, 0) is 11.2 Å². The number of amides is 2. The van der Waals surface area contributed by atoms with Gasteiger partial charge in [0, 0.05) is 24.8 Å². The van der Waals surface area contributed by atoms with Gasteiger partial charge in [0.1, 0.15) is 11.4 Å². The Morgan fingerprint density at radius 3 is 2.57 bits per heavy atom. The number of ether oxygens (including phenoxy) is 1. The van der Waals surface area contributed by atoms with E-state index in [0.717, 1.165) is 25.9 Å². The average molecular weight is 638 g/mol. The topological polar surface area (TPSA) is 112 Å². The molecule has 0 aliphatic carbocycles. The second-order valence-corrected chi connectivity index (χ2v) is 10.6. The van der Waals surface area contributed by atoms with E-state index >= 15 is 0 Å². The number of piperidine rings is 1. The van der Waals surface area contributed by atoms with Gasteiger partial charge >= 0.3 is 6.18 Å².